The second-order valence-corrected chi connectivity index (χ2v) is 6.57. The van der Waals surface area contributed by atoms with E-state index in [9.17, 15) is 4.79 Å². The lowest BCUT2D eigenvalue weighted by atomic mass is 10.0. The van der Waals surface area contributed by atoms with Crippen molar-refractivity contribution >= 4 is 5.91 Å². The number of benzene rings is 2. The largest absolute Gasteiger partial charge is 0.497 e. The van der Waals surface area contributed by atoms with Gasteiger partial charge in [0.15, 0.2) is 6.61 Å². The average molecular weight is 354 g/mol. The third kappa shape index (κ3) is 5.49. The van der Waals surface area contributed by atoms with Crippen LogP contribution in [0.2, 0.25) is 0 Å². The van der Waals surface area contributed by atoms with Gasteiger partial charge in [0.05, 0.1) is 7.11 Å². The van der Waals surface area contributed by atoms with Crippen molar-refractivity contribution in [3.8, 4) is 11.5 Å². The Morgan fingerprint density at radius 3 is 2.54 bits per heavy atom. The lowest BCUT2D eigenvalue weighted by Gasteiger charge is -2.32. The third-order valence-electron chi connectivity index (χ3n) is 4.61. The van der Waals surface area contributed by atoms with Crippen molar-refractivity contribution in [2.75, 3.05) is 26.8 Å². The summed E-state index contributed by atoms with van der Waals surface area (Å²) in [4.78, 5) is 14.5. The molecule has 1 saturated heterocycles. The Morgan fingerprint density at radius 2 is 1.81 bits per heavy atom. The van der Waals surface area contributed by atoms with Gasteiger partial charge in [-0.1, -0.05) is 30.3 Å². The fourth-order valence-corrected chi connectivity index (χ4v) is 3.20. The molecule has 1 fully saturated rings. The molecule has 0 radical (unpaired) electrons. The number of likely N-dealkylation sites (tertiary alicyclic amines) is 1. The third-order valence-corrected chi connectivity index (χ3v) is 4.61. The Hall–Kier alpha value is -2.53. The maximum absolute atomic E-state index is 12.1. The molecule has 0 aromatic heterocycles. The highest BCUT2D eigenvalue weighted by molar-refractivity contribution is 5.77. The van der Waals surface area contributed by atoms with E-state index < -0.39 is 0 Å². The molecule has 138 valence electrons. The van der Waals surface area contributed by atoms with E-state index >= 15 is 0 Å². The van der Waals surface area contributed by atoms with Gasteiger partial charge in [0.2, 0.25) is 0 Å². The normalized spacial score (nSPS) is 15.4. The van der Waals surface area contributed by atoms with Crippen molar-refractivity contribution in [1.82, 2.24) is 10.2 Å². The molecule has 0 bridgehead atoms. The zero-order valence-electron chi connectivity index (χ0n) is 15.2. The molecule has 0 atom stereocenters. The standard InChI is InChI=1S/C21H26N2O3/c1-25-20-9-5-6-17(14-20)15-23-12-10-18(11-13-23)22-21(24)16-26-19-7-3-2-4-8-19/h2-9,14,18H,10-13,15-16H2,1H3,(H,22,24). The van der Waals surface area contributed by atoms with Crippen LogP contribution in [0.3, 0.4) is 0 Å². The molecule has 3 rings (SSSR count). The van der Waals surface area contributed by atoms with Crippen LogP contribution >= 0.6 is 0 Å². The lowest BCUT2D eigenvalue weighted by Crippen LogP contribution is -2.45. The van der Waals surface area contributed by atoms with E-state index in [1.165, 1.54) is 5.56 Å². The first-order valence-electron chi connectivity index (χ1n) is 9.05. The van der Waals surface area contributed by atoms with E-state index in [1.54, 1.807) is 7.11 Å². The molecule has 5 heteroatoms. The fourth-order valence-electron chi connectivity index (χ4n) is 3.20. The van der Waals surface area contributed by atoms with Gasteiger partial charge >= 0.3 is 0 Å². The molecule has 1 N–H and O–H groups in total. The molecule has 26 heavy (non-hydrogen) atoms. The van der Waals surface area contributed by atoms with Gasteiger partial charge in [-0.3, -0.25) is 9.69 Å². The summed E-state index contributed by atoms with van der Waals surface area (Å²) >= 11 is 0. The van der Waals surface area contributed by atoms with Crippen molar-refractivity contribution in [3.63, 3.8) is 0 Å². The van der Waals surface area contributed by atoms with Gasteiger partial charge in [0, 0.05) is 25.7 Å². The number of carbonyl (C=O) groups is 1. The summed E-state index contributed by atoms with van der Waals surface area (Å²) in [6.45, 7) is 2.92. The monoisotopic (exact) mass is 354 g/mol. The number of rotatable bonds is 7. The summed E-state index contributed by atoms with van der Waals surface area (Å²) in [7, 11) is 1.69. The second kappa shape index (κ2) is 9.25. The van der Waals surface area contributed by atoms with Gasteiger partial charge in [-0.15, -0.1) is 0 Å². The average Bonchev–Trinajstić information content (AvgIpc) is 2.69. The van der Waals surface area contributed by atoms with Gasteiger partial charge < -0.3 is 14.8 Å². The minimum Gasteiger partial charge on any atom is -0.497 e. The van der Waals surface area contributed by atoms with Gasteiger partial charge in [-0.2, -0.15) is 0 Å². The number of para-hydroxylation sites is 1. The van der Waals surface area contributed by atoms with Gasteiger partial charge in [0.25, 0.3) is 5.91 Å². The van der Waals surface area contributed by atoms with Crippen molar-refractivity contribution in [2.45, 2.75) is 25.4 Å². The number of carbonyl (C=O) groups excluding carboxylic acids is 1. The topological polar surface area (TPSA) is 50.8 Å². The number of piperidine rings is 1. The number of ether oxygens (including phenoxy) is 2. The molecule has 0 spiro atoms. The fraction of sp³-hybridized carbons (Fsp3) is 0.381. The summed E-state index contributed by atoms with van der Waals surface area (Å²) in [5.74, 6) is 1.55. The summed E-state index contributed by atoms with van der Waals surface area (Å²) in [5, 5.41) is 3.08. The van der Waals surface area contributed by atoms with Crippen molar-refractivity contribution in [3.05, 3.63) is 60.2 Å². The van der Waals surface area contributed by atoms with Crippen LogP contribution in [0.15, 0.2) is 54.6 Å². The van der Waals surface area contributed by atoms with Gasteiger partial charge in [-0.25, -0.2) is 0 Å². The number of nitrogens with one attached hydrogen (secondary N) is 1. The molecule has 0 aliphatic carbocycles. The van der Waals surface area contributed by atoms with Crippen molar-refractivity contribution < 1.29 is 14.3 Å². The zero-order valence-corrected chi connectivity index (χ0v) is 15.2. The highest BCUT2D eigenvalue weighted by Crippen LogP contribution is 2.17. The number of hydrogen-bond donors (Lipinski definition) is 1. The molecule has 1 heterocycles. The first-order chi connectivity index (χ1) is 12.7. The Bertz CT molecular complexity index is 697. The predicted molar refractivity (Wildman–Crippen MR) is 101 cm³/mol. The van der Waals surface area contributed by atoms with Crippen LogP contribution in [0.25, 0.3) is 0 Å². The first kappa shape index (κ1) is 18.3. The smallest absolute Gasteiger partial charge is 0.258 e. The Labute approximate surface area is 154 Å². The lowest BCUT2D eigenvalue weighted by molar-refractivity contribution is -0.124. The van der Waals surface area contributed by atoms with Gasteiger partial charge in [-0.05, 0) is 42.7 Å². The van der Waals surface area contributed by atoms with Crippen LogP contribution in [0.1, 0.15) is 18.4 Å². The van der Waals surface area contributed by atoms with Crippen LogP contribution < -0.4 is 14.8 Å². The molecule has 1 amide bonds. The maximum Gasteiger partial charge on any atom is 0.258 e. The number of nitrogens with zero attached hydrogens (tertiary/aromatic N) is 1. The summed E-state index contributed by atoms with van der Waals surface area (Å²) in [5.41, 5.74) is 1.25. The molecule has 1 aliphatic rings. The summed E-state index contributed by atoms with van der Waals surface area (Å²) in [6, 6.07) is 17.8. The van der Waals surface area contributed by atoms with E-state index in [2.05, 4.69) is 22.3 Å². The molecular formula is C21H26N2O3. The second-order valence-electron chi connectivity index (χ2n) is 6.57. The Balaban J connectivity index is 1.38. The van der Waals surface area contributed by atoms with E-state index in [0.717, 1.165) is 44.0 Å². The number of amides is 1. The van der Waals surface area contributed by atoms with Crippen LogP contribution in [0.4, 0.5) is 0 Å². The van der Waals surface area contributed by atoms with Gasteiger partial charge in [0.1, 0.15) is 11.5 Å². The highest BCUT2D eigenvalue weighted by atomic mass is 16.5. The summed E-state index contributed by atoms with van der Waals surface area (Å²) < 4.78 is 10.8. The van der Waals surface area contributed by atoms with Crippen LogP contribution in [-0.4, -0.2) is 43.7 Å². The van der Waals surface area contributed by atoms with Crippen LogP contribution in [0, 0.1) is 0 Å². The molecule has 1 aliphatic heterocycles. The summed E-state index contributed by atoms with van der Waals surface area (Å²) in [6.07, 6.45) is 1.92. The first-order valence-corrected chi connectivity index (χ1v) is 9.05. The van der Waals surface area contributed by atoms with E-state index in [0.29, 0.717) is 0 Å². The van der Waals surface area contributed by atoms with Crippen LogP contribution in [0.5, 0.6) is 11.5 Å². The van der Waals surface area contributed by atoms with Crippen molar-refractivity contribution in [2.24, 2.45) is 0 Å². The molecule has 0 unspecified atom stereocenters. The molecule has 2 aromatic rings. The quantitative estimate of drug-likeness (QED) is 0.831. The molecule has 5 nitrogen and oxygen atoms in total. The minimum absolute atomic E-state index is 0.0555. The van der Waals surface area contributed by atoms with Crippen molar-refractivity contribution in [1.29, 1.82) is 0 Å². The van der Waals surface area contributed by atoms with Crippen LogP contribution in [-0.2, 0) is 11.3 Å². The van der Waals surface area contributed by atoms with E-state index in [-0.39, 0.29) is 18.6 Å². The molecular weight excluding hydrogens is 328 g/mol. The minimum atomic E-state index is -0.0555. The molecule has 0 saturated carbocycles. The highest BCUT2D eigenvalue weighted by Gasteiger charge is 2.21. The van der Waals surface area contributed by atoms with E-state index in [4.69, 9.17) is 9.47 Å². The Morgan fingerprint density at radius 1 is 1.08 bits per heavy atom. The van der Waals surface area contributed by atoms with E-state index in [1.807, 2.05) is 42.5 Å². The number of hydrogen-bond acceptors (Lipinski definition) is 4. The SMILES string of the molecule is COc1cccc(CN2CCC(NC(=O)COc3ccccc3)CC2)c1. The Kier molecular flexibility index (Phi) is 6.50. The zero-order chi connectivity index (χ0) is 18.2. The maximum atomic E-state index is 12.1. The molecule has 2 aromatic carbocycles. The predicted octanol–water partition coefficient (Wildman–Crippen LogP) is 2.85. The number of methoxy groups -OCH3 is 1.